The number of benzene rings is 6. The molecule has 44 heavy (non-hydrogen) atoms. The summed E-state index contributed by atoms with van der Waals surface area (Å²) in [6.07, 6.45) is -1.47. The molecule has 0 spiro atoms. The molecule has 0 heterocycles. The second-order valence-corrected chi connectivity index (χ2v) is 12.1. The van der Waals surface area contributed by atoms with Gasteiger partial charge in [0.2, 0.25) is 0 Å². The Labute approximate surface area is 260 Å². The molecule has 0 amide bonds. The molecule has 0 aromatic heterocycles. The van der Waals surface area contributed by atoms with Crippen LogP contribution < -0.4 is 9.80 Å². The number of aliphatic hydroxyl groups is 2. The molecule has 4 heteroatoms. The lowest BCUT2D eigenvalue weighted by Gasteiger charge is -2.48. The van der Waals surface area contributed by atoms with Crippen molar-refractivity contribution >= 4 is 54.5 Å². The molecule has 224 valence electrons. The maximum atomic E-state index is 12.2. The molecule has 1 aliphatic carbocycles. The standard InChI is InChI=1S/C40H42N2O2/c1-5-41(6-2)37-29-21-13-9-17-25(29)33(26-18-10-14-22-30(26)37)35-39(43)36(40(35)44)34-27-19-11-15-23-31(27)38(42(7-3)8-4)32-24-16-12-20-28(32)34/h9-24,35-36,39-40,43-44H,5-8H2,1-4H3. The van der Waals surface area contributed by atoms with Crippen LogP contribution in [0.25, 0.3) is 43.1 Å². The predicted molar refractivity (Wildman–Crippen MR) is 188 cm³/mol. The molecule has 0 unspecified atom stereocenters. The van der Waals surface area contributed by atoms with Crippen molar-refractivity contribution in [2.24, 2.45) is 0 Å². The van der Waals surface area contributed by atoms with Crippen LogP contribution in [0.2, 0.25) is 0 Å². The maximum absolute atomic E-state index is 12.2. The van der Waals surface area contributed by atoms with Crippen molar-refractivity contribution in [3.05, 3.63) is 108 Å². The summed E-state index contributed by atoms with van der Waals surface area (Å²) in [7, 11) is 0. The second kappa shape index (κ2) is 11.4. The van der Waals surface area contributed by atoms with Crippen molar-refractivity contribution in [1.29, 1.82) is 0 Å². The number of hydrogen-bond acceptors (Lipinski definition) is 4. The topological polar surface area (TPSA) is 46.9 Å². The Morgan fingerprint density at radius 1 is 0.409 bits per heavy atom. The van der Waals surface area contributed by atoms with Gasteiger partial charge in [0.1, 0.15) is 0 Å². The Morgan fingerprint density at radius 2 is 0.636 bits per heavy atom. The lowest BCUT2D eigenvalue weighted by Crippen LogP contribution is -2.52. The maximum Gasteiger partial charge on any atom is 0.0728 e. The van der Waals surface area contributed by atoms with Gasteiger partial charge in [-0.1, -0.05) is 97.1 Å². The summed E-state index contributed by atoms with van der Waals surface area (Å²) < 4.78 is 0. The molecule has 0 radical (unpaired) electrons. The highest BCUT2D eigenvalue weighted by Crippen LogP contribution is 2.56. The second-order valence-electron chi connectivity index (χ2n) is 12.1. The van der Waals surface area contributed by atoms with Gasteiger partial charge in [0, 0.05) is 59.6 Å². The first-order valence-electron chi connectivity index (χ1n) is 16.3. The largest absolute Gasteiger partial charge is 0.392 e. The van der Waals surface area contributed by atoms with Gasteiger partial charge in [-0.3, -0.25) is 0 Å². The van der Waals surface area contributed by atoms with E-state index in [-0.39, 0.29) is 0 Å². The molecule has 7 rings (SSSR count). The van der Waals surface area contributed by atoms with Crippen LogP contribution in [0.15, 0.2) is 97.1 Å². The summed E-state index contributed by atoms with van der Waals surface area (Å²) >= 11 is 0. The fourth-order valence-electron chi connectivity index (χ4n) is 8.15. The molecule has 6 aromatic carbocycles. The van der Waals surface area contributed by atoms with E-state index in [2.05, 4.69) is 135 Å². The Bertz CT molecular complexity index is 1720. The van der Waals surface area contributed by atoms with Crippen molar-refractivity contribution in [3.63, 3.8) is 0 Å². The van der Waals surface area contributed by atoms with Crippen molar-refractivity contribution in [2.75, 3.05) is 36.0 Å². The molecule has 1 saturated carbocycles. The number of aliphatic hydroxyl groups excluding tert-OH is 2. The first-order valence-corrected chi connectivity index (χ1v) is 16.3. The van der Waals surface area contributed by atoms with Crippen LogP contribution in [0, 0.1) is 0 Å². The van der Waals surface area contributed by atoms with E-state index in [4.69, 9.17) is 0 Å². The third-order valence-corrected chi connectivity index (χ3v) is 10.2. The zero-order valence-corrected chi connectivity index (χ0v) is 26.2. The zero-order chi connectivity index (χ0) is 30.5. The molecular formula is C40H42N2O2. The van der Waals surface area contributed by atoms with Crippen molar-refractivity contribution in [1.82, 2.24) is 0 Å². The molecule has 0 atom stereocenters. The summed E-state index contributed by atoms with van der Waals surface area (Å²) in [6, 6.07) is 34.2. The van der Waals surface area contributed by atoms with Gasteiger partial charge in [0.25, 0.3) is 0 Å². The van der Waals surface area contributed by atoms with E-state index in [0.29, 0.717) is 0 Å². The molecule has 0 saturated heterocycles. The van der Waals surface area contributed by atoms with E-state index in [1.165, 1.54) is 32.9 Å². The van der Waals surface area contributed by atoms with Crippen molar-refractivity contribution in [3.8, 4) is 0 Å². The molecular weight excluding hydrogens is 540 g/mol. The number of anilines is 2. The van der Waals surface area contributed by atoms with Crippen LogP contribution in [0.4, 0.5) is 11.4 Å². The van der Waals surface area contributed by atoms with Gasteiger partial charge >= 0.3 is 0 Å². The minimum Gasteiger partial charge on any atom is -0.392 e. The number of nitrogens with zero attached hydrogens (tertiary/aromatic N) is 2. The van der Waals surface area contributed by atoms with Crippen LogP contribution >= 0.6 is 0 Å². The molecule has 0 bridgehead atoms. The Balaban J connectivity index is 1.45. The van der Waals surface area contributed by atoms with E-state index >= 15 is 0 Å². The van der Waals surface area contributed by atoms with Crippen LogP contribution in [-0.2, 0) is 0 Å². The Morgan fingerprint density at radius 3 is 0.864 bits per heavy atom. The van der Waals surface area contributed by atoms with Gasteiger partial charge < -0.3 is 20.0 Å². The molecule has 6 aromatic rings. The highest BCUT2D eigenvalue weighted by atomic mass is 16.3. The number of fused-ring (bicyclic) bond motifs is 4. The minimum absolute atomic E-state index is 0.402. The van der Waals surface area contributed by atoms with Crippen LogP contribution in [0.3, 0.4) is 0 Å². The molecule has 0 aliphatic heterocycles. The van der Waals surface area contributed by atoms with Gasteiger partial charge in [0.05, 0.1) is 23.6 Å². The normalized spacial score (nSPS) is 20.0. The van der Waals surface area contributed by atoms with Gasteiger partial charge in [-0.15, -0.1) is 0 Å². The summed E-state index contributed by atoms with van der Waals surface area (Å²) in [5, 5.41) is 33.6. The summed E-state index contributed by atoms with van der Waals surface area (Å²) in [5.41, 5.74) is 4.57. The minimum atomic E-state index is -0.734. The van der Waals surface area contributed by atoms with E-state index < -0.39 is 24.0 Å². The Kier molecular flexibility index (Phi) is 7.44. The van der Waals surface area contributed by atoms with E-state index in [1.807, 2.05) is 0 Å². The smallest absolute Gasteiger partial charge is 0.0728 e. The third kappa shape index (κ3) is 4.12. The first-order chi connectivity index (χ1) is 21.5. The average molecular weight is 583 g/mol. The van der Waals surface area contributed by atoms with Gasteiger partial charge in [-0.05, 0) is 60.4 Å². The summed E-state index contributed by atoms with van der Waals surface area (Å²) in [5.74, 6) is -0.805. The highest BCUT2D eigenvalue weighted by molar-refractivity contribution is 6.16. The molecule has 1 aliphatic rings. The molecule has 2 N–H and O–H groups in total. The number of hydrogen-bond donors (Lipinski definition) is 2. The fraction of sp³-hybridized carbons (Fsp3) is 0.300. The monoisotopic (exact) mass is 582 g/mol. The fourth-order valence-corrected chi connectivity index (χ4v) is 8.15. The predicted octanol–water partition coefficient (Wildman–Crippen LogP) is 8.59. The van der Waals surface area contributed by atoms with Crippen molar-refractivity contribution in [2.45, 2.75) is 51.7 Å². The highest BCUT2D eigenvalue weighted by Gasteiger charge is 2.52. The van der Waals surface area contributed by atoms with Gasteiger partial charge in [-0.2, -0.15) is 0 Å². The van der Waals surface area contributed by atoms with Crippen LogP contribution in [0.1, 0.15) is 50.7 Å². The average Bonchev–Trinajstić information content (AvgIpc) is 3.07. The van der Waals surface area contributed by atoms with E-state index in [0.717, 1.165) is 58.9 Å². The molecule has 4 nitrogen and oxygen atoms in total. The van der Waals surface area contributed by atoms with Crippen LogP contribution in [-0.4, -0.2) is 48.6 Å². The summed E-state index contributed by atoms with van der Waals surface area (Å²) in [6.45, 7) is 12.4. The Hall–Kier alpha value is -4.12. The molecule has 1 fully saturated rings. The quantitative estimate of drug-likeness (QED) is 0.177. The van der Waals surface area contributed by atoms with Crippen LogP contribution in [0.5, 0.6) is 0 Å². The van der Waals surface area contributed by atoms with E-state index in [1.54, 1.807) is 0 Å². The first kappa shape index (κ1) is 28.6. The SMILES string of the molecule is CCN(CC)c1c2ccccc2c(C2C(O)C(c3c4ccccc4c(N(CC)CC)c4ccccc34)C2O)c2ccccc12. The lowest BCUT2D eigenvalue weighted by molar-refractivity contribution is -0.0765. The third-order valence-electron chi connectivity index (χ3n) is 10.2. The van der Waals surface area contributed by atoms with Crippen molar-refractivity contribution < 1.29 is 10.2 Å². The van der Waals surface area contributed by atoms with Gasteiger partial charge in [-0.25, -0.2) is 0 Å². The number of rotatable bonds is 8. The van der Waals surface area contributed by atoms with Gasteiger partial charge in [0.15, 0.2) is 0 Å². The zero-order valence-electron chi connectivity index (χ0n) is 26.2. The van der Waals surface area contributed by atoms with E-state index in [9.17, 15) is 10.2 Å². The summed E-state index contributed by atoms with van der Waals surface area (Å²) in [4.78, 5) is 4.83. The lowest BCUT2D eigenvalue weighted by atomic mass is 9.60.